The van der Waals surface area contributed by atoms with Crippen molar-refractivity contribution >= 4 is 22.8 Å². The van der Waals surface area contributed by atoms with E-state index in [4.69, 9.17) is 4.74 Å². The maximum atomic E-state index is 13.3. The minimum atomic E-state index is -0.984. The van der Waals surface area contributed by atoms with E-state index in [-0.39, 0.29) is 12.5 Å². The SMILES string of the molecule is O=C(O)[C@@H]1Cc2c([nH]c3ccccc23)[C@H](C(=O)OCC2c3ccccc3-c3ccccc32)N1. The highest BCUT2D eigenvalue weighted by Crippen LogP contribution is 2.44. The van der Waals surface area contributed by atoms with Crippen molar-refractivity contribution in [2.75, 3.05) is 6.61 Å². The number of nitrogens with one attached hydrogen (secondary N) is 2. The fraction of sp³-hybridized carbons (Fsp3) is 0.185. The van der Waals surface area contributed by atoms with Crippen LogP contribution in [0, 0.1) is 0 Å². The summed E-state index contributed by atoms with van der Waals surface area (Å²) in [5, 5.41) is 13.6. The number of aliphatic carboxylic acids is 1. The Hall–Kier alpha value is -3.90. The molecule has 3 N–H and O–H groups in total. The van der Waals surface area contributed by atoms with E-state index >= 15 is 0 Å². The fourth-order valence-electron chi connectivity index (χ4n) is 5.27. The van der Waals surface area contributed by atoms with E-state index in [1.807, 2.05) is 48.5 Å². The molecule has 4 aromatic rings. The Morgan fingerprint density at radius 3 is 2.24 bits per heavy atom. The first-order valence-corrected chi connectivity index (χ1v) is 11.0. The maximum Gasteiger partial charge on any atom is 0.329 e. The number of esters is 1. The number of carbonyl (C=O) groups is 2. The minimum absolute atomic E-state index is 0.0533. The molecule has 0 spiro atoms. The Balaban J connectivity index is 1.31. The highest BCUT2D eigenvalue weighted by atomic mass is 16.5. The Labute approximate surface area is 190 Å². The van der Waals surface area contributed by atoms with Gasteiger partial charge in [0.05, 0.1) is 0 Å². The lowest BCUT2D eigenvalue weighted by Gasteiger charge is -2.28. The highest BCUT2D eigenvalue weighted by Gasteiger charge is 2.38. The molecular weight excluding hydrogens is 416 g/mol. The summed E-state index contributed by atoms with van der Waals surface area (Å²) in [7, 11) is 0. The van der Waals surface area contributed by atoms with E-state index in [9.17, 15) is 14.7 Å². The number of carbonyl (C=O) groups excluding carboxylic acids is 1. The first-order valence-electron chi connectivity index (χ1n) is 11.0. The second kappa shape index (κ2) is 7.60. The minimum Gasteiger partial charge on any atom is -0.480 e. The zero-order chi connectivity index (χ0) is 22.5. The molecule has 6 rings (SSSR count). The average Bonchev–Trinajstić information content (AvgIpc) is 3.38. The van der Waals surface area contributed by atoms with Gasteiger partial charge in [0.2, 0.25) is 0 Å². The molecule has 2 aliphatic rings. The number of benzene rings is 3. The van der Waals surface area contributed by atoms with Crippen LogP contribution in [0.1, 0.15) is 34.3 Å². The van der Waals surface area contributed by atoms with Gasteiger partial charge in [0.15, 0.2) is 0 Å². The molecule has 3 aromatic carbocycles. The number of aromatic amines is 1. The van der Waals surface area contributed by atoms with E-state index in [1.54, 1.807) is 0 Å². The number of H-pyrrole nitrogens is 1. The van der Waals surface area contributed by atoms with Gasteiger partial charge in [0.25, 0.3) is 0 Å². The summed E-state index contributed by atoms with van der Waals surface area (Å²) in [4.78, 5) is 28.4. The number of hydrogen-bond acceptors (Lipinski definition) is 4. The summed E-state index contributed by atoms with van der Waals surface area (Å²) in [5.41, 5.74) is 7.02. The molecule has 6 nitrogen and oxygen atoms in total. The summed E-state index contributed by atoms with van der Waals surface area (Å²) in [6, 6.07) is 22.3. The van der Waals surface area contributed by atoms with Crippen LogP contribution in [0.4, 0.5) is 0 Å². The Bertz CT molecular complexity index is 1360. The lowest BCUT2D eigenvalue weighted by Crippen LogP contribution is -2.47. The van der Waals surface area contributed by atoms with Crippen molar-refractivity contribution in [2.45, 2.75) is 24.4 Å². The molecule has 1 aliphatic carbocycles. The number of aromatic nitrogens is 1. The Morgan fingerprint density at radius 1 is 0.909 bits per heavy atom. The van der Waals surface area contributed by atoms with Crippen LogP contribution in [0.15, 0.2) is 72.8 Å². The molecule has 0 unspecified atom stereocenters. The molecule has 1 aliphatic heterocycles. The van der Waals surface area contributed by atoms with E-state index in [0.717, 1.165) is 38.7 Å². The molecular formula is C27H22N2O4. The third-order valence-corrected chi connectivity index (χ3v) is 6.80. The Kier molecular flexibility index (Phi) is 4.55. The quantitative estimate of drug-likeness (QED) is 0.416. The largest absolute Gasteiger partial charge is 0.480 e. The van der Waals surface area contributed by atoms with Gasteiger partial charge in [-0.3, -0.25) is 10.1 Å². The number of carboxylic acid groups (broad SMARTS) is 1. The van der Waals surface area contributed by atoms with Crippen LogP contribution in [0.3, 0.4) is 0 Å². The van der Waals surface area contributed by atoms with Gasteiger partial charge < -0.3 is 14.8 Å². The van der Waals surface area contributed by atoms with Crippen LogP contribution >= 0.6 is 0 Å². The van der Waals surface area contributed by atoms with Gasteiger partial charge in [-0.05, 0) is 33.9 Å². The monoisotopic (exact) mass is 438 g/mol. The smallest absolute Gasteiger partial charge is 0.329 e. The van der Waals surface area contributed by atoms with Crippen LogP contribution in [-0.4, -0.2) is 34.7 Å². The van der Waals surface area contributed by atoms with Crippen LogP contribution in [0.5, 0.6) is 0 Å². The molecule has 0 saturated heterocycles. The predicted molar refractivity (Wildman–Crippen MR) is 124 cm³/mol. The van der Waals surface area contributed by atoms with Gasteiger partial charge in [-0.2, -0.15) is 0 Å². The first kappa shape index (κ1) is 19.8. The second-order valence-corrected chi connectivity index (χ2v) is 8.61. The average molecular weight is 438 g/mol. The van der Waals surface area contributed by atoms with Gasteiger partial charge in [-0.15, -0.1) is 0 Å². The summed E-state index contributed by atoms with van der Waals surface area (Å²) in [6.07, 6.45) is 0.307. The summed E-state index contributed by atoms with van der Waals surface area (Å²) in [5.74, 6) is -1.51. The number of hydrogen-bond donors (Lipinski definition) is 3. The lowest BCUT2D eigenvalue weighted by atomic mass is 9.94. The topological polar surface area (TPSA) is 91.4 Å². The van der Waals surface area contributed by atoms with E-state index in [0.29, 0.717) is 12.1 Å². The molecule has 0 radical (unpaired) electrons. The van der Waals surface area contributed by atoms with Crippen molar-refractivity contribution < 1.29 is 19.4 Å². The number of carboxylic acids is 1. The first-order chi connectivity index (χ1) is 16.1. The van der Waals surface area contributed by atoms with Gasteiger partial charge >= 0.3 is 11.9 Å². The van der Waals surface area contributed by atoms with Crippen LogP contribution < -0.4 is 5.32 Å². The van der Waals surface area contributed by atoms with Crippen LogP contribution in [-0.2, 0) is 20.7 Å². The third kappa shape index (κ3) is 3.14. The second-order valence-electron chi connectivity index (χ2n) is 8.61. The molecule has 6 heteroatoms. The summed E-state index contributed by atoms with van der Waals surface area (Å²) < 4.78 is 5.85. The molecule has 0 fully saturated rings. The zero-order valence-electron chi connectivity index (χ0n) is 17.7. The molecule has 0 amide bonds. The van der Waals surface area contributed by atoms with Gasteiger partial charge in [0.1, 0.15) is 18.7 Å². The fourth-order valence-corrected chi connectivity index (χ4v) is 5.27. The molecule has 164 valence electrons. The molecule has 2 atom stereocenters. The van der Waals surface area contributed by atoms with E-state index in [1.165, 1.54) is 0 Å². The number of para-hydroxylation sites is 1. The summed E-state index contributed by atoms with van der Waals surface area (Å²) in [6.45, 7) is 0.193. The third-order valence-electron chi connectivity index (χ3n) is 6.80. The van der Waals surface area contributed by atoms with Crippen LogP contribution in [0.2, 0.25) is 0 Å². The predicted octanol–water partition coefficient (Wildman–Crippen LogP) is 4.16. The van der Waals surface area contributed by atoms with E-state index in [2.05, 4.69) is 34.6 Å². The van der Waals surface area contributed by atoms with Crippen molar-refractivity contribution in [3.8, 4) is 11.1 Å². The van der Waals surface area contributed by atoms with Gasteiger partial charge in [0, 0.05) is 28.9 Å². The van der Waals surface area contributed by atoms with Crippen LogP contribution in [0.25, 0.3) is 22.0 Å². The lowest BCUT2D eigenvalue weighted by molar-refractivity contribution is -0.148. The number of rotatable bonds is 4. The van der Waals surface area contributed by atoms with Crippen molar-refractivity contribution in [1.29, 1.82) is 0 Å². The molecule has 1 aromatic heterocycles. The zero-order valence-corrected chi connectivity index (χ0v) is 17.7. The highest BCUT2D eigenvalue weighted by molar-refractivity contribution is 5.90. The molecule has 2 heterocycles. The summed E-state index contributed by atoms with van der Waals surface area (Å²) >= 11 is 0. The molecule has 0 saturated carbocycles. The normalized spacial score (nSPS) is 19.0. The maximum absolute atomic E-state index is 13.3. The van der Waals surface area contributed by atoms with Gasteiger partial charge in [-0.25, -0.2) is 4.79 Å². The van der Waals surface area contributed by atoms with Crippen molar-refractivity contribution in [1.82, 2.24) is 10.3 Å². The molecule has 33 heavy (non-hydrogen) atoms. The van der Waals surface area contributed by atoms with Crippen molar-refractivity contribution in [2.24, 2.45) is 0 Å². The van der Waals surface area contributed by atoms with Crippen molar-refractivity contribution in [3.63, 3.8) is 0 Å². The van der Waals surface area contributed by atoms with Gasteiger partial charge in [-0.1, -0.05) is 66.7 Å². The van der Waals surface area contributed by atoms with E-state index < -0.39 is 24.0 Å². The number of fused-ring (bicyclic) bond motifs is 6. The van der Waals surface area contributed by atoms with Crippen molar-refractivity contribution in [3.05, 3.63) is 95.2 Å². The number of ether oxygens (including phenoxy) is 1. The molecule has 0 bridgehead atoms. The Morgan fingerprint density at radius 2 is 1.55 bits per heavy atom. The standard InChI is InChI=1S/C27H22N2O4/c30-26(31)23-13-20-19-11-5-6-12-22(19)28-24(20)25(29-23)27(32)33-14-21-17-9-3-1-7-15(17)16-8-2-4-10-18(16)21/h1-12,21,23,25,28-29H,13-14H2,(H,30,31)/t23-,25+/m0/s1.